The topological polar surface area (TPSA) is 51.7 Å². The largest absolute Gasteiger partial charge is 0.454 e. The number of ether oxygens (including phenoxy) is 2. The van der Waals surface area contributed by atoms with Gasteiger partial charge in [0.2, 0.25) is 12.7 Å². The quantitative estimate of drug-likeness (QED) is 0.829. The van der Waals surface area contributed by atoms with Crippen molar-refractivity contribution >= 4 is 5.91 Å². The fourth-order valence-corrected chi connectivity index (χ4v) is 3.90. The summed E-state index contributed by atoms with van der Waals surface area (Å²) in [5.74, 6) is 1.91. The van der Waals surface area contributed by atoms with Crippen molar-refractivity contribution in [3.63, 3.8) is 0 Å². The lowest BCUT2D eigenvalue weighted by Crippen LogP contribution is -2.46. The minimum absolute atomic E-state index is 0.0832. The van der Waals surface area contributed by atoms with E-state index in [-0.39, 0.29) is 11.3 Å². The summed E-state index contributed by atoms with van der Waals surface area (Å²) in [4.78, 5) is 18.5. The number of aromatic nitrogens is 1. The predicted octanol–water partition coefficient (Wildman–Crippen LogP) is 3.22. The third-order valence-corrected chi connectivity index (χ3v) is 5.36. The van der Waals surface area contributed by atoms with E-state index in [9.17, 15) is 4.79 Å². The Morgan fingerprint density at radius 3 is 2.77 bits per heavy atom. The van der Waals surface area contributed by atoms with Crippen molar-refractivity contribution < 1.29 is 14.3 Å². The van der Waals surface area contributed by atoms with Crippen LogP contribution in [0, 0.1) is 5.41 Å². The van der Waals surface area contributed by atoms with Crippen LogP contribution in [0.3, 0.4) is 0 Å². The first-order valence-corrected chi connectivity index (χ1v) is 9.17. The molecule has 5 nitrogen and oxygen atoms in total. The number of carbonyl (C=O) groups excluding carboxylic acids is 1. The summed E-state index contributed by atoms with van der Waals surface area (Å²) in [6, 6.07) is 10.2. The van der Waals surface area contributed by atoms with E-state index in [0.717, 1.165) is 43.9 Å². The molecule has 4 rings (SSSR count). The molecule has 0 unspecified atom stereocenters. The molecule has 0 saturated carbocycles. The van der Waals surface area contributed by atoms with Crippen LogP contribution >= 0.6 is 0 Å². The molecule has 0 aliphatic carbocycles. The summed E-state index contributed by atoms with van der Waals surface area (Å²) in [5, 5.41) is 0. The lowest BCUT2D eigenvalue weighted by molar-refractivity contribution is -0.137. The molecule has 1 aromatic carbocycles. The number of pyridine rings is 1. The zero-order valence-electron chi connectivity index (χ0n) is 15.1. The number of piperidine rings is 1. The van der Waals surface area contributed by atoms with Crippen LogP contribution in [0.5, 0.6) is 11.5 Å². The molecule has 1 saturated heterocycles. The number of nitrogens with zero attached hydrogens (tertiary/aromatic N) is 2. The van der Waals surface area contributed by atoms with E-state index >= 15 is 0 Å². The molecule has 2 aromatic rings. The number of amides is 1. The summed E-state index contributed by atoms with van der Waals surface area (Å²) in [6.45, 7) is 4.14. The van der Waals surface area contributed by atoms with Crippen LogP contribution < -0.4 is 9.47 Å². The average molecular weight is 352 g/mol. The van der Waals surface area contributed by atoms with Gasteiger partial charge < -0.3 is 14.4 Å². The first-order valence-electron chi connectivity index (χ1n) is 9.17. The molecule has 0 bridgehead atoms. The van der Waals surface area contributed by atoms with Gasteiger partial charge in [-0.15, -0.1) is 0 Å². The Kier molecular flexibility index (Phi) is 4.53. The van der Waals surface area contributed by atoms with Crippen molar-refractivity contribution in [3.8, 4) is 11.5 Å². The summed E-state index contributed by atoms with van der Waals surface area (Å²) in [7, 11) is 0. The minimum Gasteiger partial charge on any atom is -0.454 e. The van der Waals surface area contributed by atoms with Gasteiger partial charge in [-0.3, -0.25) is 9.78 Å². The van der Waals surface area contributed by atoms with Crippen molar-refractivity contribution in [1.82, 2.24) is 9.88 Å². The molecular weight excluding hydrogens is 328 g/mol. The van der Waals surface area contributed by atoms with Gasteiger partial charge in [-0.1, -0.05) is 13.0 Å². The van der Waals surface area contributed by atoms with Crippen molar-refractivity contribution in [2.45, 2.75) is 32.6 Å². The molecule has 1 amide bonds. The number of fused-ring (bicyclic) bond motifs is 1. The third-order valence-electron chi connectivity index (χ3n) is 5.36. The van der Waals surface area contributed by atoms with Crippen LogP contribution in [0.2, 0.25) is 0 Å². The molecule has 26 heavy (non-hydrogen) atoms. The lowest BCUT2D eigenvalue weighted by atomic mass is 9.76. The van der Waals surface area contributed by atoms with Crippen LogP contribution in [0.1, 0.15) is 30.9 Å². The van der Waals surface area contributed by atoms with Crippen molar-refractivity contribution in [3.05, 3.63) is 53.9 Å². The fraction of sp³-hybridized carbons (Fsp3) is 0.429. The summed E-state index contributed by atoms with van der Waals surface area (Å²) >= 11 is 0. The molecule has 0 N–H and O–H groups in total. The Morgan fingerprint density at radius 2 is 1.92 bits per heavy atom. The van der Waals surface area contributed by atoms with Crippen LogP contribution in [0.25, 0.3) is 0 Å². The molecule has 2 aliphatic rings. The van der Waals surface area contributed by atoms with Crippen LogP contribution in [0.15, 0.2) is 42.7 Å². The highest BCUT2D eigenvalue weighted by Crippen LogP contribution is 2.37. The minimum atomic E-state index is 0.0832. The van der Waals surface area contributed by atoms with Gasteiger partial charge in [0.05, 0.1) is 0 Å². The van der Waals surface area contributed by atoms with Crippen molar-refractivity contribution in [2.24, 2.45) is 5.41 Å². The molecule has 1 atom stereocenters. The Labute approximate surface area is 153 Å². The van der Waals surface area contributed by atoms with E-state index in [1.807, 2.05) is 23.1 Å². The maximum atomic E-state index is 12.4. The smallest absolute Gasteiger partial charge is 0.231 e. The second kappa shape index (κ2) is 6.98. The Morgan fingerprint density at radius 1 is 1.12 bits per heavy atom. The highest BCUT2D eigenvalue weighted by molar-refractivity contribution is 5.77. The van der Waals surface area contributed by atoms with Gasteiger partial charge in [-0.25, -0.2) is 0 Å². The molecule has 2 aliphatic heterocycles. The second-order valence-corrected chi connectivity index (χ2v) is 7.60. The van der Waals surface area contributed by atoms with E-state index in [1.54, 1.807) is 12.4 Å². The fourth-order valence-electron chi connectivity index (χ4n) is 3.90. The van der Waals surface area contributed by atoms with Gasteiger partial charge in [0.15, 0.2) is 11.5 Å². The van der Waals surface area contributed by atoms with E-state index in [2.05, 4.69) is 24.0 Å². The summed E-state index contributed by atoms with van der Waals surface area (Å²) in [5.41, 5.74) is 2.54. The molecule has 1 fully saturated rings. The standard InChI is InChI=1S/C21H24N2O3/c1-21(13-17-2-3-18-19(12-17)26-15-25-18)8-4-20(24)23(14-21)11-7-16-5-9-22-10-6-16/h2-3,5-6,9-10,12H,4,7-8,11,13-15H2,1H3/t21-/m0/s1. The first-order chi connectivity index (χ1) is 12.6. The van der Waals surface area contributed by atoms with Gasteiger partial charge in [-0.05, 0) is 60.1 Å². The average Bonchev–Trinajstić information content (AvgIpc) is 3.11. The van der Waals surface area contributed by atoms with Crippen molar-refractivity contribution in [1.29, 1.82) is 0 Å². The van der Waals surface area contributed by atoms with E-state index in [4.69, 9.17) is 9.47 Å². The van der Waals surface area contributed by atoms with Gasteiger partial charge in [0.1, 0.15) is 0 Å². The SMILES string of the molecule is C[C@@]1(Cc2ccc3c(c2)OCO3)CCC(=O)N(CCc2ccncc2)C1. The Bertz CT molecular complexity index is 793. The summed E-state index contributed by atoms with van der Waals surface area (Å²) < 4.78 is 10.9. The maximum Gasteiger partial charge on any atom is 0.231 e. The molecule has 1 aromatic heterocycles. The Balaban J connectivity index is 1.42. The zero-order chi connectivity index (χ0) is 18.0. The van der Waals surface area contributed by atoms with Crippen LogP contribution in [0.4, 0.5) is 0 Å². The van der Waals surface area contributed by atoms with Crippen LogP contribution in [-0.4, -0.2) is 35.7 Å². The van der Waals surface area contributed by atoms with Gasteiger partial charge in [-0.2, -0.15) is 0 Å². The number of likely N-dealkylation sites (tertiary alicyclic amines) is 1. The molecule has 0 radical (unpaired) electrons. The predicted molar refractivity (Wildman–Crippen MR) is 98.1 cm³/mol. The highest BCUT2D eigenvalue weighted by Gasteiger charge is 2.35. The van der Waals surface area contributed by atoms with Gasteiger partial charge >= 0.3 is 0 Å². The van der Waals surface area contributed by atoms with E-state index in [0.29, 0.717) is 13.2 Å². The van der Waals surface area contributed by atoms with Gasteiger partial charge in [0, 0.05) is 31.9 Å². The molecule has 5 heteroatoms. The Hall–Kier alpha value is -2.56. The molecular formula is C21H24N2O3. The number of hydrogen-bond donors (Lipinski definition) is 0. The van der Waals surface area contributed by atoms with Crippen molar-refractivity contribution in [2.75, 3.05) is 19.9 Å². The van der Waals surface area contributed by atoms with E-state index < -0.39 is 0 Å². The third kappa shape index (κ3) is 3.66. The highest BCUT2D eigenvalue weighted by atomic mass is 16.7. The molecule has 136 valence electrons. The monoisotopic (exact) mass is 352 g/mol. The molecule has 0 spiro atoms. The van der Waals surface area contributed by atoms with Crippen LogP contribution in [-0.2, 0) is 17.6 Å². The molecule has 3 heterocycles. The maximum absolute atomic E-state index is 12.4. The lowest BCUT2D eigenvalue weighted by Gasteiger charge is -2.40. The van der Waals surface area contributed by atoms with Gasteiger partial charge in [0.25, 0.3) is 0 Å². The number of benzene rings is 1. The number of carbonyl (C=O) groups is 1. The first kappa shape index (κ1) is 16.9. The summed E-state index contributed by atoms with van der Waals surface area (Å²) in [6.07, 6.45) is 6.95. The second-order valence-electron chi connectivity index (χ2n) is 7.60. The zero-order valence-corrected chi connectivity index (χ0v) is 15.1. The normalized spacial score (nSPS) is 21.9. The number of hydrogen-bond acceptors (Lipinski definition) is 4. The number of rotatable bonds is 5. The van der Waals surface area contributed by atoms with E-state index in [1.165, 1.54) is 11.1 Å².